The minimum Gasteiger partial charge on any atom is -0.305 e. The van der Waals surface area contributed by atoms with Crippen LogP contribution in [0.5, 0.6) is 0 Å². The Morgan fingerprint density at radius 3 is 2.75 bits per heavy atom. The summed E-state index contributed by atoms with van der Waals surface area (Å²) in [6.45, 7) is 7.56. The Morgan fingerprint density at radius 1 is 1.38 bits per heavy atom. The molecule has 0 aliphatic carbocycles. The highest BCUT2D eigenvalue weighted by atomic mass is 32.1. The third kappa shape index (κ3) is 2.73. The first-order chi connectivity index (χ1) is 7.66. The van der Waals surface area contributed by atoms with E-state index in [1.807, 2.05) is 22.7 Å². The molecule has 0 saturated heterocycles. The summed E-state index contributed by atoms with van der Waals surface area (Å²) < 4.78 is 0. The van der Waals surface area contributed by atoms with Gasteiger partial charge in [0.2, 0.25) is 0 Å². The third-order valence-electron chi connectivity index (χ3n) is 2.77. The predicted octanol–water partition coefficient (Wildman–Crippen LogP) is 4.28. The number of hydrogen-bond donors (Lipinski definition) is 1. The molecule has 1 nitrogen and oxygen atoms in total. The van der Waals surface area contributed by atoms with E-state index in [1.54, 1.807) is 0 Å². The molecule has 1 N–H and O–H groups in total. The first kappa shape index (κ1) is 11.8. The summed E-state index contributed by atoms with van der Waals surface area (Å²) in [7, 11) is 0. The molecule has 0 fully saturated rings. The lowest BCUT2D eigenvalue weighted by Gasteiger charge is -2.10. The quantitative estimate of drug-likeness (QED) is 0.855. The predicted molar refractivity (Wildman–Crippen MR) is 73.4 cm³/mol. The van der Waals surface area contributed by atoms with Gasteiger partial charge in [-0.1, -0.05) is 6.07 Å². The Kier molecular flexibility index (Phi) is 3.79. The molecule has 16 heavy (non-hydrogen) atoms. The van der Waals surface area contributed by atoms with E-state index in [0.717, 1.165) is 6.54 Å². The number of aryl methyl sites for hydroxylation is 2. The van der Waals surface area contributed by atoms with Gasteiger partial charge in [-0.3, -0.25) is 0 Å². The van der Waals surface area contributed by atoms with Gasteiger partial charge in [-0.15, -0.1) is 22.7 Å². The molecule has 2 aromatic rings. The third-order valence-corrected chi connectivity index (χ3v) is 4.98. The number of rotatable bonds is 4. The summed E-state index contributed by atoms with van der Waals surface area (Å²) in [5.41, 5.74) is 1.41. The van der Waals surface area contributed by atoms with Crippen LogP contribution in [-0.2, 0) is 6.54 Å². The molecule has 0 spiro atoms. The molecular weight excluding hydrogens is 234 g/mol. The molecule has 2 aromatic heterocycles. The van der Waals surface area contributed by atoms with Gasteiger partial charge in [-0.05, 0) is 43.8 Å². The fourth-order valence-corrected chi connectivity index (χ4v) is 3.39. The van der Waals surface area contributed by atoms with Gasteiger partial charge in [0, 0.05) is 27.2 Å². The van der Waals surface area contributed by atoms with Crippen LogP contribution in [0.2, 0.25) is 0 Å². The molecule has 0 aliphatic rings. The zero-order chi connectivity index (χ0) is 11.5. The van der Waals surface area contributed by atoms with E-state index >= 15 is 0 Å². The van der Waals surface area contributed by atoms with Gasteiger partial charge in [0.1, 0.15) is 0 Å². The summed E-state index contributed by atoms with van der Waals surface area (Å²) in [5.74, 6) is 0. The smallest absolute Gasteiger partial charge is 0.0389 e. The summed E-state index contributed by atoms with van der Waals surface area (Å²) in [4.78, 5) is 4.27. The van der Waals surface area contributed by atoms with Crippen molar-refractivity contribution in [3.63, 3.8) is 0 Å². The summed E-state index contributed by atoms with van der Waals surface area (Å²) >= 11 is 3.71. The zero-order valence-electron chi connectivity index (χ0n) is 9.91. The molecular formula is C13H17NS2. The van der Waals surface area contributed by atoms with Crippen LogP contribution in [0.25, 0.3) is 0 Å². The van der Waals surface area contributed by atoms with Crippen molar-refractivity contribution in [1.82, 2.24) is 5.32 Å². The molecule has 0 aliphatic heterocycles. The maximum atomic E-state index is 3.56. The van der Waals surface area contributed by atoms with Gasteiger partial charge >= 0.3 is 0 Å². The van der Waals surface area contributed by atoms with Gasteiger partial charge in [0.05, 0.1) is 0 Å². The second kappa shape index (κ2) is 5.13. The van der Waals surface area contributed by atoms with E-state index < -0.39 is 0 Å². The SMILES string of the molecule is Cc1cc(CNC(C)c2cccs2)sc1C. The Labute approximate surface area is 105 Å². The van der Waals surface area contributed by atoms with Crippen LogP contribution in [-0.4, -0.2) is 0 Å². The molecule has 86 valence electrons. The largest absolute Gasteiger partial charge is 0.305 e. The van der Waals surface area contributed by atoms with E-state index in [4.69, 9.17) is 0 Å². The fourth-order valence-electron chi connectivity index (χ4n) is 1.63. The van der Waals surface area contributed by atoms with Crippen molar-refractivity contribution in [2.45, 2.75) is 33.4 Å². The van der Waals surface area contributed by atoms with Crippen molar-refractivity contribution in [3.05, 3.63) is 43.8 Å². The maximum absolute atomic E-state index is 3.56. The molecule has 0 saturated carbocycles. The maximum Gasteiger partial charge on any atom is 0.0389 e. The Morgan fingerprint density at radius 2 is 2.19 bits per heavy atom. The van der Waals surface area contributed by atoms with Gasteiger partial charge in [-0.25, -0.2) is 0 Å². The molecule has 0 aromatic carbocycles. The van der Waals surface area contributed by atoms with Crippen LogP contribution in [0.1, 0.15) is 33.2 Å². The van der Waals surface area contributed by atoms with Gasteiger partial charge in [0.25, 0.3) is 0 Å². The van der Waals surface area contributed by atoms with Crippen molar-refractivity contribution in [1.29, 1.82) is 0 Å². The van der Waals surface area contributed by atoms with E-state index in [1.165, 1.54) is 20.2 Å². The zero-order valence-corrected chi connectivity index (χ0v) is 11.5. The van der Waals surface area contributed by atoms with Gasteiger partial charge in [-0.2, -0.15) is 0 Å². The lowest BCUT2D eigenvalue weighted by Crippen LogP contribution is -2.16. The molecule has 0 radical (unpaired) electrons. The number of thiophene rings is 2. The minimum atomic E-state index is 0.447. The average Bonchev–Trinajstić information content (AvgIpc) is 2.86. The molecule has 2 heterocycles. The Hall–Kier alpha value is -0.640. The van der Waals surface area contributed by atoms with Crippen LogP contribution >= 0.6 is 22.7 Å². The first-order valence-electron chi connectivity index (χ1n) is 5.49. The lowest BCUT2D eigenvalue weighted by molar-refractivity contribution is 0.587. The fraction of sp³-hybridized carbons (Fsp3) is 0.385. The van der Waals surface area contributed by atoms with Crippen molar-refractivity contribution >= 4 is 22.7 Å². The van der Waals surface area contributed by atoms with E-state index in [9.17, 15) is 0 Å². The van der Waals surface area contributed by atoms with Crippen molar-refractivity contribution in [3.8, 4) is 0 Å². The highest BCUT2D eigenvalue weighted by molar-refractivity contribution is 7.12. The van der Waals surface area contributed by atoms with Crippen LogP contribution in [0.3, 0.4) is 0 Å². The molecule has 2 rings (SSSR count). The second-order valence-electron chi connectivity index (χ2n) is 4.07. The highest BCUT2D eigenvalue weighted by Gasteiger charge is 2.07. The van der Waals surface area contributed by atoms with Gasteiger partial charge in [0.15, 0.2) is 0 Å². The molecule has 0 bridgehead atoms. The Bertz CT molecular complexity index is 423. The normalized spacial score (nSPS) is 12.9. The average molecular weight is 251 g/mol. The van der Waals surface area contributed by atoms with Crippen molar-refractivity contribution in [2.24, 2.45) is 0 Å². The summed E-state index contributed by atoms with van der Waals surface area (Å²) in [6, 6.07) is 7.03. The summed E-state index contributed by atoms with van der Waals surface area (Å²) in [6.07, 6.45) is 0. The standard InChI is InChI=1S/C13H17NS2/c1-9-7-12(16-11(9)3)8-14-10(2)13-5-4-6-15-13/h4-7,10,14H,8H2,1-3H3. The van der Waals surface area contributed by atoms with Crippen LogP contribution < -0.4 is 5.32 Å². The topological polar surface area (TPSA) is 12.0 Å². The second-order valence-corrected chi connectivity index (χ2v) is 6.39. The first-order valence-corrected chi connectivity index (χ1v) is 7.19. The molecule has 0 amide bonds. The molecule has 3 heteroatoms. The lowest BCUT2D eigenvalue weighted by atomic mass is 10.2. The number of nitrogens with one attached hydrogen (secondary N) is 1. The number of hydrogen-bond acceptors (Lipinski definition) is 3. The van der Waals surface area contributed by atoms with Crippen LogP contribution in [0.15, 0.2) is 23.6 Å². The van der Waals surface area contributed by atoms with E-state index in [-0.39, 0.29) is 0 Å². The van der Waals surface area contributed by atoms with Crippen LogP contribution in [0, 0.1) is 13.8 Å². The highest BCUT2D eigenvalue weighted by Crippen LogP contribution is 2.22. The molecule has 1 unspecified atom stereocenters. The van der Waals surface area contributed by atoms with E-state index in [2.05, 4.69) is 49.7 Å². The Balaban J connectivity index is 1.92. The van der Waals surface area contributed by atoms with E-state index in [0.29, 0.717) is 6.04 Å². The van der Waals surface area contributed by atoms with Gasteiger partial charge < -0.3 is 5.32 Å². The van der Waals surface area contributed by atoms with Crippen LogP contribution in [0.4, 0.5) is 0 Å². The monoisotopic (exact) mass is 251 g/mol. The van der Waals surface area contributed by atoms with Crippen molar-refractivity contribution < 1.29 is 0 Å². The molecule has 1 atom stereocenters. The van der Waals surface area contributed by atoms with Crippen molar-refractivity contribution in [2.75, 3.05) is 0 Å². The summed E-state index contributed by atoms with van der Waals surface area (Å²) in [5, 5.41) is 5.69. The minimum absolute atomic E-state index is 0.447.